The maximum Gasteiger partial charge on any atom is 0.221 e. The highest BCUT2D eigenvalue weighted by atomic mass is 16.1. The number of Topliss-reactive ketones (excluding diaryl/α,β-unsaturated/α-hetero) is 1. The molecule has 0 fully saturated rings. The Morgan fingerprint density at radius 2 is 1.75 bits per heavy atom. The van der Waals surface area contributed by atoms with Gasteiger partial charge in [-0.2, -0.15) is 0 Å². The number of benzene rings is 2. The Kier molecular flexibility index (Phi) is 4.31. The zero-order chi connectivity index (χ0) is 14.5. The van der Waals surface area contributed by atoms with Crippen molar-refractivity contribution in [2.24, 2.45) is 0 Å². The van der Waals surface area contributed by atoms with Crippen LogP contribution in [0.3, 0.4) is 0 Å². The lowest BCUT2D eigenvalue weighted by Gasteiger charge is -2.10. The highest BCUT2D eigenvalue weighted by Gasteiger charge is 2.13. The molecule has 0 spiro atoms. The first-order valence-electron chi connectivity index (χ1n) is 6.51. The van der Waals surface area contributed by atoms with Gasteiger partial charge in [0, 0.05) is 18.9 Å². The van der Waals surface area contributed by atoms with Crippen LogP contribution in [0.2, 0.25) is 0 Å². The van der Waals surface area contributed by atoms with E-state index in [1.165, 1.54) is 6.92 Å². The molecule has 0 unspecified atom stereocenters. The average molecular weight is 267 g/mol. The van der Waals surface area contributed by atoms with Crippen molar-refractivity contribution in [3.05, 3.63) is 65.2 Å². The number of carbonyl (C=O) groups is 2. The Morgan fingerprint density at radius 1 is 1.05 bits per heavy atom. The van der Waals surface area contributed by atoms with E-state index in [9.17, 15) is 9.59 Å². The molecule has 0 aliphatic rings. The minimum atomic E-state index is -0.178. The number of aryl methyl sites for hydroxylation is 1. The third kappa shape index (κ3) is 3.54. The molecule has 0 radical (unpaired) electrons. The van der Waals surface area contributed by atoms with Crippen LogP contribution in [-0.2, 0) is 11.2 Å². The van der Waals surface area contributed by atoms with Crippen molar-refractivity contribution in [3.8, 4) is 0 Å². The molecule has 1 N–H and O–H groups in total. The van der Waals surface area contributed by atoms with Crippen LogP contribution in [0.4, 0.5) is 5.69 Å². The van der Waals surface area contributed by atoms with Gasteiger partial charge >= 0.3 is 0 Å². The molecule has 0 saturated carbocycles. The summed E-state index contributed by atoms with van der Waals surface area (Å²) in [7, 11) is 0. The van der Waals surface area contributed by atoms with Gasteiger partial charge < -0.3 is 5.32 Å². The molecule has 2 rings (SSSR count). The van der Waals surface area contributed by atoms with Gasteiger partial charge in [0.05, 0.1) is 5.69 Å². The second-order valence-electron chi connectivity index (χ2n) is 4.82. The van der Waals surface area contributed by atoms with E-state index in [2.05, 4.69) is 5.32 Å². The molecule has 0 atom stereocenters. The van der Waals surface area contributed by atoms with Gasteiger partial charge in [-0.15, -0.1) is 0 Å². The monoisotopic (exact) mass is 267 g/mol. The second kappa shape index (κ2) is 6.15. The van der Waals surface area contributed by atoms with E-state index in [1.54, 1.807) is 6.07 Å². The zero-order valence-corrected chi connectivity index (χ0v) is 11.6. The number of carbonyl (C=O) groups excluding carboxylic acids is 2. The topological polar surface area (TPSA) is 46.2 Å². The molecule has 1 amide bonds. The van der Waals surface area contributed by atoms with Crippen LogP contribution < -0.4 is 5.32 Å². The van der Waals surface area contributed by atoms with Crippen molar-refractivity contribution < 1.29 is 9.59 Å². The lowest BCUT2D eigenvalue weighted by atomic mass is 10.00. The minimum Gasteiger partial charge on any atom is -0.326 e. The summed E-state index contributed by atoms with van der Waals surface area (Å²) in [4.78, 5) is 23.6. The van der Waals surface area contributed by atoms with Gasteiger partial charge in [-0.25, -0.2) is 0 Å². The average Bonchev–Trinajstić information content (AvgIpc) is 2.41. The van der Waals surface area contributed by atoms with Gasteiger partial charge in [-0.05, 0) is 24.6 Å². The number of ketones is 1. The largest absolute Gasteiger partial charge is 0.326 e. The van der Waals surface area contributed by atoms with Crippen LogP contribution in [0.25, 0.3) is 0 Å². The van der Waals surface area contributed by atoms with E-state index in [0.29, 0.717) is 17.7 Å². The van der Waals surface area contributed by atoms with Crippen LogP contribution >= 0.6 is 0 Å². The van der Waals surface area contributed by atoms with Gasteiger partial charge in [0.25, 0.3) is 0 Å². The Hall–Kier alpha value is -2.42. The number of nitrogens with one attached hydrogen (secondary N) is 1. The molecule has 0 aromatic heterocycles. The number of anilines is 1. The van der Waals surface area contributed by atoms with E-state index in [0.717, 1.165) is 11.1 Å². The van der Waals surface area contributed by atoms with Gasteiger partial charge in [0.1, 0.15) is 0 Å². The number of amides is 1. The number of hydrogen-bond acceptors (Lipinski definition) is 2. The van der Waals surface area contributed by atoms with E-state index < -0.39 is 0 Å². The fourth-order valence-electron chi connectivity index (χ4n) is 2.06. The van der Waals surface area contributed by atoms with Gasteiger partial charge in [-0.3, -0.25) is 9.59 Å². The highest BCUT2D eigenvalue weighted by molar-refractivity contribution is 6.05. The molecule has 2 aromatic rings. The number of rotatable bonds is 4. The predicted molar refractivity (Wildman–Crippen MR) is 80.0 cm³/mol. The predicted octanol–water partition coefficient (Wildman–Crippen LogP) is 3.38. The molecular weight excluding hydrogens is 250 g/mol. The van der Waals surface area contributed by atoms with Crippen LogP contribution in [0.1, 0.15) is 28.4 Å². The summed E-state index contributed by atoms with van der Waals surface area (Å²) in [6, 6.07) is 15.1. The molecule has 0 bridgehead atoms. The molecule has 3 heteroatoms. The lowest BCUT2D eigenvalue weighted by Crippen LogP contribution is -2.12. The summed E-state index contributed by atoms with van der Waals surface area (Å²) in [6.07, 6.45) is 0.330. The SMILES string of the molecule is CC(=O)Nc1ccc(C)cc1C(=O)Cc1ccccc1. The van der Waals surface area contributed by atoms with Crippen LogP contribution in [0.5, 0.6) is 0 Å². The summed E-state index contributed by atoms with van der Waals surface area (Å²) < 4.78 is 0. The molecule has 0 aliphatic heterocycles. The van der Waals surface area contributed by atoms with Crippen LogP contribution in [0, 0.1) is 6.92 Å². The molecule has 3 nitrogen and oxygen atoms in total. The first-order valence-corrected chi connectivity index (χ1v) is 6.51. The standard InChI is InChI=1S/C17H17NO2/c1-12-8-9-16(18-13(2)19)15(10-12)17(20)11-14-6-4-3-5-7-14/h3-10H,11H2,1-2H3,(H,18,19). The highest BCUT2D eigenvalue weighted by Crippen LogP contribution is 2.19. The summed E-state index contributed by atoms with van der Waals surface area (Å²) in [5, 5.41) is 2.71. The smallest absolute Gasteiger partial charge is 0.221 e. The molecule has 0 heterocycles. The minimum absolute atomic E-state index is 0.00338. The van der Waals surface area contributed by atoms with Gasteiger partial charge in [-0.1, -0.05) is 42.0 Å². The Bertz CT molecular complexity index is 633. The summed E-state index contributed by atoms with van der Waals surface area (Å²) in [6.45, 7) is 3.36. The zero-order valence-electron chi connectivity index (χ0n) is 11.6. The molecular formula is C17H17NO2. The van der Waals surface area contributed by atoms with E-state index >= 15 is 0 Å². The first-order chi connectivity index (χ1) is 9.56. The van der Waals surface area contributed by atoms with Crippen molar-refractivity contribution in [2.75, 3.05) is 5.32 Å². The summed E-state index contributed by atoms with van der Waals surface area (Å²) in [5.41, 5.74) is 3.09. The Morgan fingerprint density at radius 3 is 2.40 bits per heavy atom. The van der Waals surface area contributed by atoms with Crippen molar-refractivity contribution in [1.29, 1.82) is 0 Å². The molecule has 2 aromatic carbocycles. The van der Waals surface area contributed by atoms with Crippen molar-refractivity contribution in [2.45, 2.75) is 20.3 Å². The Balaban J connectivity index is 2.28. The molecule has 20 heavy (non-hydrogen) atoms. The molecule has 102 valence electrons. The maximum absolute atomic E-state index is 12.4. The fourth-order valence-corrected chi connectivity index (χ4v) is 2.06. The van der Waals surface area contributed by atoms with E-state index in [4.69, 9.17) is 0 Å². The van der Waals surface area contributed by atoms with Crippen LogP contribution in [0.15, 0.2) is 48.5 Å². The van der Waals surface area contributed by atoms with Crippen molar-refractivity contribution in [3.63, 3.8) is 0 Å². The van der Waals surface area contributed by atoms with Crippen molar-refractivity contribution >= 4 is 17.4 Å². The normalized spacial score (nSPS) is 10.1. The first kappa shape index (κ1) is 14.0. The van der Waals surface area contributed by atoms with E-state index in [1.807, 2.05) is 49.4 Å². The Labute approximate surface area is 118 Å². The lowest BCUT2D eigenvalue weighted by molar-refractivity contribution is -0.114. The maximum atomic E-state index is 12.4. The third-order valence-electron chi connectivity index (χ3n) is 2.99. The fraction of sp³-hybridized carbons (Fsp3) is 0.176. The molecule has 0 saturated heterocycles. The quantitative estimate of drug-likeness (QED) is 0.863. The van der Waals surface area contributed by atoms with Gasteiger partial charge in [0.2, 0.25) is 5.91 Å². The van der Waals surface area contributed by atoms with Gasteiger partial charge in [0.15, 0.2) is 5.78 Å². The van der Waals surface area contributed by atoms with Crippen molar-refractivity contribution in [1.82, 2.24) is 0 Å². The third-order valence-corrected chi connectivity index (χ3v) is 2.99. The van der Waals surface area contributed by atoms with Crippen LogP contribution in [-0.4, -0.2) is 11.7 Å². The van der Waals surface area contributed by atoms with E-state index in [-0.39, 0.29) is 11.7 Å². The molecule has 0 aliphatic carbocycles. The summed E-state index contributed by atoms with van der Waals surface area (Å²) >= 11 is 0. The number of hydrogen-bond donors (Lipinski definition) is 1. The second-order valence-corrected chi connectivity index (χ2v) is 4.82. The summed E-state index contributed by atoms with van der Waals surface area (Å²) in [5.74, 6) is -0.175.